The standard InChI is InChI=1S/C23H27N3O2S/c1-4-16-26-21(27)18-14-10-11-15-19(18)24-23(26)29-20(17-12-8-7-9-13-17)22(28)25(5-2)6-3/h7-15,20H,4-6,16H2,1-3H3/t20-/m1/s1. The summed E-state index contributed by atoms with van der Waals surface area (Å²) in [5.41, 5.74) is 1.52. The molecule has 0 spiro atoms. The minimum Gasteiger partial charge on any atom is -0.342 e. The number of carbonyl (C=O) groups is 1. The van der Waals surface area contributed by atoms with Gasteiger partial charge in [0.1, 0.15) is 5.25 Å². The van der Waals surface area contributed by atoms with Crippen LogP contribution in [-0.2, 0) is 11.3 Å². The van der Waals surface area contributed by atoms with Crippen molar-refractivity contribution < 1.29 is 4.79 Å². The van der Waals surface area contributed by atoms with Crippen LogP contribution in [0, 0.1) is 0 Å². The Kier molecular flexibility index (Phi) is 7.09. The third kappa shape index (κ3) is 4.53. The van der Waals surface area contributed by atoms with E-state index in [4.69, 9.17) is 4.98 Å². The lowest BCUT2D eigenvalue weighted by molar-refractivity contribution is -0.130. The topological polar surface area (TPSA) is 55.2 Å². The van der Waals surface area contributed by atoms with Gasteiger partial charge >= 0.3 is 0 Å². The molecule has 0 radical (unpaired) electrons. The van der Waals surface area contributed by atoms with E-state index in [9.17, 15) is 9.59 Å². The Morgan fingerprint density at radius 3 is 2.34 bits per heavy atom. The Morgan fingerprint density at radius 2 is 1.69 bits per heavy atom. The molecule has 0 fully saturated rings. The van der Waals surface area contributed by atoms with Gasteiger partial charge in [-0.1, -0.05) is 61.2 Å². The van der Waals surface area contributed by atoms with Crippen molar-refractivity contribution in [2.45, 2.75) is 44.1 Å². The number of hydrogen-bond acceptors (Lipinski definition) is 4. The highest BCUT2D eigenvalue weighted by molar-refractivity contribution is 8.00. The number of hydrogen-bond donors (Lipinski definition) is 0. The molecular weight excluding hydrogens is 382 g/mol. The molecule has 0 unspecified atom stereocenters. The van der Waals surface area contributed by atoms with Crippen LogP contribution in [0.3, 0.4) is 0 Å². The molecule has 2 aromatic carbocycles. The second-order valence-electron chi connectivity index (χ2n) is 6.79. The normalized spacial score (nSPS) is 12.1. The molecule has 0 bridgehead atoms. The van der Waals surface area contributed by atoms with E-state index in [1.54, 1.807) is 10.6 Å². The van der Waals surface area contributed by atoms with Crippen molar-refractivity contribution in [1.29, 1.82) is 0 Å². The van der Waals surface area contributed by atoms with E-state index in [-0.39, 0.29) is 11.5 Å². The van der Waals surface area contributed by atoms with Crippen LogP contribution in [0.2, 0.25) is 0 Å². The Balaban J connectivity index is 2.12. The number of nitrogens with zero attached hydrogens (tertiary/aromatic N) is 3. The van der Waals surface area contributed by atoms with Gasteiger partial charge in [-0.05, 0) is 38.0 Å². The predicted octanol–water partition coefficient (Wildman–Crippen LogP) is 4.51. The van der Waals surface area contributed by atoms with Crippen molar-refractivity contribution in [3.8, 4) is 0 Å². The van der Waals surface area contributed by atoms with Gasteiger partial charge in [-0.3, -0.25) is 14.2 Å². The predicted molar refractivity (Wildman–Crippen MR) is 119 cm³/mol. The van der Waals surface area contributed by atoms with Crippen LogP contribution >= 0.6 is 11.8 Å². The largest absolute Gasteiger partial charge is 0.342 e. The maximum Gasteiger partial charge on any atom is 0.262 e. The summed E-state index contributed by atoms with van der Waals surface area (Å²) in [6.45, 7) is 7.86. The van der Waals surface area contributed by atoms with E-state index >= 15 is 0 Å². The lowest BCUT2D eigenvalue weighted by Crippen LogP contribution is -2.34. The van der Waals surface area contributed by atoms with Crippen molar-refractivity contribution in [1.82, 2.24) is 14.5 Å². The lowest BCUT2D eigenvalue weighted by atomic mass is 10.1. The molecule has 1 amide bonds. The lowest BCUT2D eigenvalue weighted by Gasteiger charge is -2.25. The quantitative estimate of drug-likeness (QED) is 0.406. The molecule has 1 heterocycles. The maximum absolute atomic E-state index is 13.3. The van der Waals surface area contributed by atoms with Crippen LogP contribution in [-0.4, -0.2) is 33.4 Å². The van der Waals surface area contributed by atoms with E-state index in [0.29, 0.717) is 35.7 Å². The van der Waals surface area contributed by atoms with Crippen molar-refractivity contribution in [3.05, 3.63) is 70.5 Å². The van der Waals surface area contributed by atoms with Crippen LogP contribution in [0.25, 0.3) is 10.9 Å². The van der Waals surface area contributed by atoms with Gasteiger partial charge in [0.25, 0.3) is 5.56 Å². The van der Waals surface area contributed by atoms with Crippen molar-refractivity contribution in [2.24, 2.45) is 0 Å². The Labute approximate surface area is 175 Å². The summed E-state index contributed by atoms with van der Waals surface area (Å²) >= 11 is 1.37. The van der Waals surface area contributed by atoms with E-state index in [0.717, 1.165) is 12.0 Å². The van der Waals surface area contributed by atoms with Crippen LogP contribution in [0.15, 0.2) is 64.5 Å². The van der Waals surface area contributed by atoms with E-state index < -0.39 is 5.25 Å². The molecule has 152 valence electrons. The SMILES string of the molecule is CCCn1c(S[C@@H](C(=O)N(CC)CC)c2ccccc2)nc2ccccc2c1=O. The first-order chi connectivity index (χ1) is 14.1. The number of fused-ring (bicyclic) bond motifs is 1. The summed E-state index contributed by atoms with van der Waals surface area (Å²) < 4.78 is 1.71. The van der Waals surface area contributed by atoms with Gasteiger partial charge in [-0.25, -0.2) is 4.98 Å². The molecule has 0 saturated carbocycles. The minimum absolute atomic E-state index is 0.0386. The number of thioether (sulfide) groups is 1. The van der Waals surface area contributed by atoms with Gasteiger partial charge in [-0.2, -0.15) is 0 Å². The molecule has 0 N–H and O–H groups in total. The van der Waals surface area contributed by atoms with E-state index in [1.807, 2.05) is 74.2 Å². The van der Waals surface area contributed by atoms with Crippen molar-refractivity contribution in [2.75, 3.05) is 13.1 Å². The summed E-state index contributed by atoms with van der Waals surface area (Å²) in [6, 6.07) is 17.1. The molecule has 3 aromatic rings. The van der Waals surface area contributed by atoms with Gasteiger partial charge in [-0.15, -0.1) is 0 Å². The first-order valence-corrected chi connectivity index (χ1v) is 11.0. The number of carbonyl (C=O) groups excluding carboxylic acids is 1. The van der Waals surface area contributed by atoms with Crippen molar-refractivity contribution >= 4 is 28.6 Å². The smallest absolute Gasteiger partial charge is 0.262 e. The van der Waals surface area contributed by atoms with Crippen LogP contribution in [0.1, 0.15) is 38.0 Å². The second kappa shape index (κ2) is 9.74. The monoisotopic (exact) mass is 409 g/mol. The molecule has 3 rings (SSSR count). The summed E-state index contributed by atoms with van der Waals surface area (Å²) in [7, 11) is 0. The first-order valence-electron chi connectivity index (χ1n) is 10.1. The molecule has 29 heavy (non-hydrogen) atoms. The fourth-order valence-electron chi connectivity index (χ4n) is 3.35. The number of para-hydroxylation sites is 1. The Hall–Kier alpha value is -2.60. The van der Waals surface area contributed by atoms with E-state index in [1.165, 1.54) is 11.8 Å². The Bertz CT molecular complexity index is 1030. The number of likely N-dealkylation sites (N-methyl/N-ethyl adjacent to an activating group) is 1. The second-order valence-corrected chi connectivity index (χ2v) is 7.86. The number of amides is 1. The van der Waals surface area contributed by atoms with Crippen LogP contribution in [0.4, 0.5) is 0 Å². The average molecular weight is 410 g/mol. The molecule has 0 aliphatic carbocycles. The van der Waals surface area contributed by atoms with E-state index in [2.05, 4.69) is 0 Å². The summed E-state index contributed by atoms with van der Waals surface area (Å²) in [6.07, 6.45) is 0.813. The van der Waals surface area contributed by atoms with Crippen LogP contribution in [0.5, 0.6) is 0 Å². The minimum atomic E-state index is -0.452. The average Bonchev–Trinajstić information content (AvgIpc) is 2.76. The van der Waals surface area contributed by atoms with Crippen molar-refractivity contribution in [3.63, 3.8) is 0 Å². The maximum atomic E-state index is 13.3. The van der Waals surface area contributed by atoms with Gasteiger partial charge in [0.15, 0.2) is 5.16 Å². The van der Waals surface area contributed by atoms with Gasteiger partial charge in [0.05, 0.1) is 10.9 Å². The van der Waals surface area contributed by atoms with Gasteiger partial charge < -0.3 is 4.90 Å². The zero-order valence-electron chi connectivity index (χ0n) is 17.2. The molecular formula is C23H27N3O2S. The van der Waals surface area contributed by atoms with Crippen LogP contribution < -0.4 is 5.56 Å². The molecule has 6 heteroatoms. The van der Waals surface area contributed by atoms with Gasteiger partial charge in [0, 0.05) is 19.6 Å². The highest BCUT2D eigenvalue weighted by Gasteiger charge is 2.27. The molecule has 1 atom stereocenters. The fourth-order valence-corrected chi connectivity index (χ4v) is 4.56. The molecule has 0 saturated heterocycles. The zero-order valence-corrected chi connectivity index (χ0v) is 18.0. The first kappa shape index (κ1) is 21.1. The summed E-state index contributed by atoms with van der Waals surface area (Å²) in [5.74, 6) is 0.0386. The molecule has 0 aliphatic rings. The van der Waals surface area contributed by atoms with Gasteiger partial charge in [0.2, 0.25) is 5.91 Å². The molecule has 1 aromatic heterocycles. The molecule has 0 aliphatic heterocycles. The molecule has 5 nitrogen and oxygen atoms in total. The number of rotatable bonds is 8. The highest BCUT2D eigenvalue weighted by Crippen LogP contribution is 2.36. The zero-order chi connectivity index (χ0) is 20.8. The fraction of sp³-hybridized carbons (Fsp3) is 0.348. The summed E-state index contributed by atoms with van der Waals surface area (Å²) in [5, 5.41) is 0.744. The third-order valence-electron chi connectivity index (χ3n) is 4.90. The highest BCUT2D eigenvalue weighted by atomic mass is 32.2. The third-order valence-corrected chi connectivity index (χ3v) is 6.13. The Morgan fingerprint density at radius 1 is 1.03 bits per heavy atom. The number of benzene rings is 2. The summed E-state index contributed by atoms with van der Waals surface area (Å²) in [4.78, 5) is 33.0. The number of aromatic nitrogens is 2.